The normalized spacial score (nSPS) is 10.3. The number of nitrogens with zero attached hydrogens (tertiary/aromatic N) is 1. The van der Waals surface area contributed by atoms with Crippen molar-refractivity contribution in [1.82, 2.24) is 0 Å². The second kappa shape index (κ2) is 8.49. The molecule has 0 aliphatic rings. The highest BCUT2D eigenvalue weighted by atomic mass is 32.2. The molecule has 116 valence electrons. The standard InChI is InChI=1S/C18H21NO2S/c1-15-8-10-17(11-9-15)21-14-18(20)19(12-13-22-2)16-6-4-3-5-7-16/h3-11H,12-14H2,1-2H3. The Kier molecular flexibility index (Phi) is 6.34. The first-order valence-electron chi connectivity index (χ1n) is 7.24. The Balaban J connectivity index is 2.00. The molecule has 3 nitrogen and oxygen atoms in total. The van der Waals surface area contributed by atoms with E-state index in [-0.39, 0.29) is 12.5 Å². The lowest BCUT2D eigenvalue weighted by atomic mass is 10.2. The molecule has 2 rings (SSSR count). The van der Waals surface area contributed by atoms with Crippen LogP contribution in [0.2, 0.25) is 0 Å². The van der Waals surface area contributed by atoms with Crippen LogP contribution in [0.5, 0.6) is 5.75 Å². The summed E-state index contributed by atoms with van der Waals surface area (Å²) in [5.74, 6) is 1.59. The fraction of sp³-hybridized carbons (Fsp3) is 0.278. The molecule has 0 N–H and O–H groups in total. The van der Waals surface area contributed by atoms with Gasteiger partial charge in [0.25, 0.3) is 5.91 Å². The number of amides is 1. The molecule has 22 heavy (non-hydrogen) atoms. The molecule has 0 unspecified atom stereocenters. The van der Waals surface area contributed by atoms with Gasteiger partial charge in [-0.2, -0.15) is 11.8 Å². The highest BCUT2D eigenvalue weighted by molar-refractivity contribution is 7.98. The summed E-state index contributed by atoms with van der Waals surface area (Å²) in [5.41, 5.74) is 2.08. The first kappa shape index (κ1) is 16.4. The molecule has 0 spiro atoms. The minimum absolute atomic E-state index is 0.0270. The molecule has 0 atom stereocenters. The number of hydrogen-bond donors (Lipinski definition) is 0. The van der Waals surface area contributed by atoms with Gasteiger partial charge in [-0.1, -0.05) is 35.9 Å². The topological polar surface area (TPSA) is 29.5 Å². The zero-order chi connectivity index (χ0) is 15.8. The second-order valence-electron chi connectivity index (χ2n) is 4.98. The van der Waals surface area contributed by atoms with Crippen LogP contribution < -0.4 is 9.64 Å². The molecular formula is C18H21NO2S. The van der Waals surface area contributed by atoms with Gasteiger partial charge in [0.15, 0.2) is 6.61 Å². The van der Waals surface area contributed by atoms with Crippen LogP contribution in [0.3, 0.4) is 0 Å². The molecule has 0 radical (unpaired) electrons. The van der Waals surface area contributed by atoms with E-state index >= 15 is 0 Å². The third-order valence-electron chi connectivity index (χ3n) is 3.27. The first-order valence-corrected chi connectivity index (χ1v) is 8.64. The van der Waals surface area contributed by atoms with Gasteiger partial charge in [0.05, 0.1) is 0 Å². The van der Waals surface area contributed by atoms with Gasteiger partial charge in [-0.25, -0.2) is 0 Å². The summed E-state index contributed by atoms with van der Waals surface area (Å²) in [7, 11) is 0. The summed E-state index contributed by atoms with van der Waals surface area (Å²) in [5, 5.41) is 0. The SMILES string of the molecule is CSCCN(C(=O)COc1ccc(C)cc1)c1ccccc1. The van der Waals surface area contributed by atoms with Crippen molar-refractivity contribution < 1.29 is 9.53 Å². The predicted octanol–water partition coefficient (Wildman–Crippen LogP) is 3.77. The summed E-state index contributed by atoms with van der Waals surface area (Å²) < 4.78 is 5.61. The van der Waals surface area contributed by atoms with Gasteiger partial charge >= 0.3 is 0 Å². The molecule has 0 aromatic heterocycles. The molecule has 0 bridgehead atoms. The van der Waals surface area contributed by atoms with E-state index in [1.807, 2.05) is 67.8 Å². The van der Waals surface area contributed by atoms with Gasteiger partial charge in [0.2, 0.25) is 0 Å². The highest BCUT2D eigenvalue weighted by Gasteiger charge is 2.15. The number of rotatable bonds is 7. The third kappa shape index (κ3) is 4.81. The van der Waals surface area contributed by atoms with Gasteiger partial charge in [-0.3, -0.25) is 4.79 Å². The predicted molar refractivity (Wildman–Crippen MR) is 93.9 cm³/mol. The maximum absolute atomic E-state index is 12.5. The number of hydrogen-bond acceptors (Lipinski definition) is 3. The van der Waals surface area contributed by atoms with Crippen molar-refractivity contribution in [3.8, 4) is 5.75 Å². The molecule has 0 fully saturated rings. The van der Waals surface area contributed by atoms with Gasteiger partial charge < -0.3 is 9.64 Å². The van der Waals surface area contributed by atoms with Crippen LogP contribution in [0.1, 0.15) is 5.56 Å². The number of anilines is 1. The van der Waals surface area contributed by atoms with Crippen molar-refractivity contribution in [1.29, 1.82) is 0 Å². The summed E-state index contributed by atoms with van der Waals surface area (Å²) in [6, 6.07) is 17.4. The van der Waals surface area contributed by atoms with Crippen LogP contribution >= 0.6 is 11.8 Å². The van der Waals surface area contributed by atoms with Gasteiger partial charge in [0, 0.05) is 18.0 Å². The van der Waals surface area contributed by atoms with E-state index in [0.717, 1.165) is 17.2 Å². The molecule has 0 aliphatic carbocycles. The number of carbonyl (C=O) groups excluding carboxylic acids is 1. The van der Waals surface area contributed by atoms with Crippen molar-refractivity contribution in [2.45, 2.75) is 6.92 Å². The summed E-state index contributed by atoms with van der Waals surface area (Å²) >= 11 is 1.72. The molecule has 1 amide bonds. The van der Waals surface area contributed by atoms with Crippen LogP contribution in [0, 0.1) is 6.92 Å². The van der Waals surface area contributed by atoms with Crippen molar-refractivity contribution in [2.24, 2.45) is 0 Å². The van der Waals surface area contributed by atoms with Crippen molar-refractivity contribution in [3.05, 3.63) is 60.2 Å². The van der Waals surface area contributed by atoms with Gasteiger partial charge in [0.1, 0.15) is 5.75 Å². The maximum Gasteiger partial charge on any atom is 0.264 e. The van der Waals surface area contributed by atoms with Crippen LogP contribution in [0.15, 0.2) is 54.6 Å². The van der Waals surface area contributed by atoms with Crippen LogP contribution in [-0.2, 0) is 4.79 Å². The number of benzene rings is 2. The fourth-order valence-corrected chi connectivity index (χ4v) is 2.41. The fourth-order valence-electron chi connectivity index (χ4n) is 2.05. The first-order chi connectivity index (χ1) is 10.7. The maximum atomic E-state index is 12.5. The molecule has 0 saturated heterocycles. The monoisotopic (exact) mass is 315 g/mol. The van der Waals surface area contributed by atoms with E-state index < -0.39 is 0 Å². The van der Waals surface area contributed by atoms with Crippen molar-refractivity contribution in [2.75, 3.05) is 30.1 Å². The van der Waals surface area contributed by atoms with E-state index in [4.69, 9.17) is 4.74 Å². The summed E-state index contributed by atoms with van der Waals surface area (Å²) in [6.07, 6.45) is 2.04. The van der Waals surface area contributed by atoms with Crippen LogP contribution in [-0.4, -0.2) is 31.1 Å². The number of ether oxygens (including phenoxy) is 1. The summed E-state index contributed by atoms with van der Waals surface area (Å²) in [6.45, 7) is 2.75. The minimum atomic E-state index is -0.0270. The molecule has 2 aromatic rings. The van der Waals surface area contributed by atoms with Crippen LogP contribution in [0.4, 0.5) is 5.69 Å². The Morgan fingerprint density at radius 2 is 1.77 bits per heavy atom. The zero-order valence-electron chi connectivity index (χ0n) is 13.0. The van der Waals surface area contributed by atoms with Crippen LogP contribution in [0.25, 0.3) is 0 Å². The molecule has 0 saturated carbocycles. The lowest BCUT2D eigenvalue weighted by Crippen LogP contribution is -2.36. The van der Waals surface area contributed by atoms with E-state index in [0.29, 0.717) is 6.54 Å². The summed E-state index contributed by atoms with van der Waals surface area (Å²) in [4.78, 5) is 14.3. The van der Waals surface area contributed by atoms with Crippen molar-refractivity contribution in [3.63, 3.8) is 0 Å². The van der Waals surface area contributed by atoms with E-state index in [2.05, 4.69) is 0 Å². The number of aryl methyl sites for hydroxylation is 1. The third-order valence-corrected chi connectivity index (χ3v) is 3.86. The largest absolute Gasteiger partial charge is 0.484 e. The Morgan fingerprint density at radius 3 is 2.41 bits per heavy atom. The zero-order valence-corrected chi connectivity index (χ0v) is 13.8. The van der Waals surface area contributed by atoms with E-state index in [9.17, 15) is 4.79 Å². The number of carbonyl (C=O) groups is 1. The lowest BCUT2D eigenvalue weighted by Gasteiger charge is -2.22. The molecule has 0 aliphatic heterocycles. The molecule has 4 heteroatoms. The smallest absolute Gasteiger partial charge is 0.264 e. The van der Waals surface area contributed by atoms with Gasteiger partial charge in [-0.05, 0) is 37.4 Å². The quantitative estimate of drug-likeness (QED) is 0.779. The van der Waals surface area contributed by atoms with Crippen molar-refractivity contribution >= 4 is 23.4 Å². The average molecular weight is 315 g/mol. The molecule has 0 heterocycles. The highest BCUT2D eigenvalue weighted by Crippen LogP contribution is 2.16. The lowest BCUT2D eigenvalue weighted by molar-refractivity contribution is -0.120. The number of thioether (sulfide) groups is 1. The average Bonchev–Trinajstić information content (AvgIpc) is 2.55. The Hall–Kier alpha value is -1.94. The number of para-hydroxylation sites is 1. The second-order valence-corrected chi connectivity index (χ2v) is 5.96. The Morgan fingerprint density at radius 1 is 1.09 bits per heavy atom. The molecular weight excluding hydrogens is 294 g/mol. The van der Waals surface area contributed by atoms with E-state index in [1.165, 1.54) is 5.56 Å². The van der Waals surface area contributed by atoms with Gasteiger partial charge in [-0.15, -0.1) is 0 Å². The Labute approximate surface area is 136 Å². The Bertz CT molecular complexity index is 584. The van der Waals surface area contributed by atoms with E-state index in [1.54, 1.807) is 16.7 Å². The minimum Gasteiger partial charge on any atom is -0.484 e. The molecule has 2 aromatic carbocycles.